The lowest BCUT2D eigenvalue weighted by Gasteiger charge is -2.21. The summed E-state index contributed by atoms with van der Waals surface area (Å²) in [6, 6.07) is 13.3. The van der Waals surface area contributed by atoms with Crippen molar-refractivity contribution in [1.29, 1.82) is 0 Å². The molecule has 4 nitrogen and oxygen atoms in total. The molecule has 1 heterocycles. The molecule has 158 valence electrons. The maximum absolute atomic E-state index is 12.8. The summed E-state index contributed by atoms with van der Waals surface area (Å²) >= 11 is 13.0. The van der Waals surface area contributed by atoms with Crippen LogP contribution in [0.5, 0.6) is 11.5 Å². The van der Waals surface area contributed by atoms with Gasteiger partial charge < -0.3 is 9.47 Å². The standard InChI is InChI=1S/C23H24ClNO3S2/c1-4-15(3)25-22(26)21(30-23(25)29)13-16-10-11-19(20(12-16)27-5-2)28-14-17-8-6-7-9-18(17)24/h6-13,15H,4-5,14H2,1-3H3. The Kier molecular flexibility index (Phi) is 7.81. The molecule has 2 aromatic carbocycles. The fourth-order valence-corrected chi connectivity index (χ4v) is 4.62. The second kappa shape index (κ2) is 10.3. The van der Waals surface area contributed by atoms with Crippen LogP contribution in [0.2, 0.25) is 5.02 Å². The van der Waals surface area contributed by atoms with Gasteiger partial charge in [-0.25, -0.2) is 0 Å². The largest absolute Gasteiger partial charge is 0.490 e. The zero-order valence-corrected chi connectivity index (χ0v) is 19.6. The summed E-state index contributed by atoms with van der Waals surface area (Å²) in [4.78, 5) is 15.1. The number of hydrogen-bond acceptors (Lipinski definition) is 5. The highest BCUT2D eigenvalue weighted by molar-refractivity contribution is 8.26. The number of carbonyl (C=O) groups excluding carboxylic acids is 1. The number of thioether (sulfide) groups is 1. The monoisotopic (exact) mass is 461 g/mol. The van der Waals surface area contributed by atoms with E-state index in [0.29, 0.717) is 39.0 Å². The normalized spacial score (nSPS) is 16.3. The Morgan fingerprint density at radius 3 is 2.63 bits per heavy atom. The van der Waals surface area contributed by atoms with Gasteiger partial charge in [0.1, 0.15) is 10.9 Å². The van der Waals surface area contributed by atoms with Crippen molar-refractivity contribution >= 4 is 51.9 Å². The first-order valence-corrected chi connectivity index (χ1v) is 11.4. The fourth-order valence-electron chi connectivity index (χ4n) is 2.97. The van der Waals surface area contributed by atoms with Gasteiger partial charge in [0, 0.05) is 16.6 Å². The van der Waals surface area contributed by atoms with E-state index in [4.69, 9.17) is 33.3 Å². The zero-order chi connectivity index (χ0) is 21.7. The fraction of sp³-hybridized carbons (Fsp3) is 0.304. The smallest absolute Gasteiger partial charge is 0.266 e. The molecule has 0 saturated carbocycles. The molecule has 0 N–H and O–H groups in total. The van der Waals surface area contributed by atoms with E-state index in [2.05, 4.69) is 0 Å². The molecule has 7 heteroatoms. The molecule has 0 bridgehead atoms. The molecular weight excluding hydrogens is 438 g/mol. The Bertz CT molecular complexity index is 977. The Balaban J connectivity index is 1.81. The minimum atomic E-state index is -0.0450. The van der Waals surface area contributed by atoms with Crippen LogP contribution in [0, 0.1) is 0 Å². The first kappa shape index (κ1) is 22.7. The Morgan fingerprint density at radius 1 is 1.17 bits per heavy atom. The Morgan fingerprint density at radius 2 is 1.93 bits per heavy atom. The van der Waals surface area contributed by atoms with E-state index >= 15 is 0 Å². The molecule has 0 aliphatic carbocycles. The van der Waals surface area contributed by atoms with Gasteiger partial charge in [-0.3, -0.25) is 9.69 Å². The highest BCUT2D eigenvalue weighted by atomic mass is 35.5. The maximum atomic E-state index is 12.8. The number of hydrogen-bond donors (Lipinski definition) is 0. The number of thiocarbonyl (C=S) groups is 1. The van der Waals surface area contributed by atoms with E-state index in [9.17, 15) is 4.79 Å². The van der Waals surface area contributed by atoms with E-state index in [1.807, 2.05) is 69.3 Å². The van der Waals surface area contributed by atoms with Gasteiger partial charge in [-0.15, -0.1) is 0 Å². The minimum Gasteiger partial charge on any atom is -0.490 e. The van der Waals surface area contributed by atoms with Gasteiger partial charge in [0.25, 0.3) is 5.91 Å². The van der Waals surface area contributed by atoms with Crippen LogP contribution >= 0.6 is 35.6 Å². The van der Waals surface area contributed by atoms with Crippen LogP contribution in [0.1, 0.15) is 38.3 Å². The Labute approximate surface area is 192 Å². The molecule has 1 atom stereocenters. The van der Waals surface area contributed by atoms with Gasteiger partial charge >= 0.3 is 0 Å². The lowest BCUT2D eigenvalue weighted by atomic mass is 10.1. The third-order valence-electron chi connectivity index (χ3n) is 4.76. The molecule has 1 fully saturated rings. The van der Waals surface area contributed by atoms with Crippen LogP contribution in [0.25, 0.3) is 6.08 Å². The number of carbonyl (C=O) groups is 1. The van der Waals surface area contributed by atoms with Gasteiger partial charge in [0.15, 0.2) is 11.5 Å². The highest BCUT2D eigenvalue weighted by Crippen LogP contribution is 2.36. The molecule has 1 aliphatic rings. The summed E-state index contributed by atoms with van der Waals surface area (Å²) in [6.45, 7) is 6.81. The van der Waals surface area contributed by atoms with E-state index < -0.39 is 0 Å². The average Bonchev–Trinajstić information content (AvgIpc) is 3.01. The van der Waals surface area contributed by atoms with Gasteiger partial charge in [-0.2, -0.15) is 0 Å². The van der Waals surface area contributed by atoms with E-state index in [-0.39, 0.29) is 11.9 Å². The molecule has 1 saturated heterocycles. The van der Waals surface area contributed by atoms with Crippen LogP contribution in [-0.2, 0) is 11.4 Å². The van der Waals surface area contributed by atoms with Gasteiger partial charge in [-0.1, -0.05) is 66.8 Å². The summed E-state index contributed by atoms with van der Waals surface area (Å²) in [5.41, 5.74) is 1.76. The molecule has 1 aliphatic heterocycles. The van der Waals surface area contributed by atoms with E-state index in [1.54, 1.807) is 4.90 Å². The topological polar surface area (TPSA) is 38.8 Å². The lowest BCUT2D eigenvalue weighted by Crippen LogP contribution is -2.36. The van der Waals surface area contributed by atoms with E-state index in [1.165, 1.54) is 11.8 Å². The maximum Gasteiger partial charge on any atom is 0.266 e. The number of ether oxygens (including phenoxy) is 2. The molecule has 0 aromatic heterocycles. The second-order valence-electron chi connectivity index (χ2n) is 6.83. The van der Waals surface area contributed by atoms with Crippen LogP contribution in [0.15, 0.2) is 47.4 Å². The van der Waals surface area contributed by atoms with Crippen LogP contribution in [0.4, 0.5) is 0 Å². The van der Waals surface area contributed by atoms with Crippen LogP contribution in [0.3, 0.4) is 0 Å². The van der Waals surface area contributed by atoms with Crippen molar-refractivity contribution in [1.82, 2.24) is 4.90 Å². The minimum absolute atomic E-state index is 0.0450. The first-order valence-electron chi connectivity index (χ1n) is 9.84. The zero-order valence-electron chi connectivity index (χ0n) is 17.2. The molecule has 3 rings (SSSR count). The molecule has 1 amide bonds. The molecular formula is C23H24ClNO3S2. The van der Waals surface area contributed by atoms with Gasteiger partial charge in [0.05, 0.1) is 11.5 Å². The summed E-state index contributed by atoms with van der Waals surface area (Å²) in [5, 5.41) is 0.662. The van der Waals surface area contributed by atoms with Crippen molar-refractivity contribution in [2.24, 2.45) is 0 Å². The number of nitrogens with zero attached hydrogens (tertiary/aromatic N) is 1. The predicted octanol–water partition coefficient (Wildman–Crippen LogP) is 6.32. The number of amides is 1. The summed E-state index contributed by atoms with van der Waals surface area (Å²) in [5.74, 6) is 1.20. The number of rotatable bonds is 8. The summed E-state index contributed by atoms with van der Waals surface area (Å²) in [7, 11) is 0. The third-order valence-corrected chi connectivity index (χ3v) is 6.46. The molecule has 0 spiro atoms. The van der Waals surface area contributed by atoms with Crippen molar-refractivity contribution in [2.45, 2.75) is 39.8 Å². The Hall–Kier alpha value is -2.02. The summed E-state index contributed by atoms with van der Waals surface area (Å²) in [6.07, 6.45) is 2.70. The molecule has 2 aromatic rings. The second-order valence-corrected chi connectivity index (χ2v) is 8.91. The SMILES string of the molecule is CCOc1cc(C=C2SC(=S)N(C(C)CC)C2=O)ccc1OCc1ccccc1Cl. The van der Waals surface area contributed by atoms with Crippen molar-refractivity contribution in [3.63, 3.8) is 0 Å². The third kappa shape index (κ3) is 5.17. The summed E-state index contributed by atoms with van der Waals surface area (Å²) < 4.78 is 12.3. The molecule has 1 unspecified atom stereocenters. The lowest BCUT2D eigenvalue weighted by molar-refractivity contribution is -0.123. The van der Waals surface area contributed by atoms with Crippen LogP contribution in [-0.4, -0.2) is 27.8 Å². The van der Waals surface area contributed by atoms with Crippen molar-refractivity contribution < 1.29 is 14.3 Å². The van der Waals surface area contributed by atoms with Gasteiger partial charge in [-0.05, 0) is 50.1 Å². The predicted molar refractivity (Wildman–Crippen MR) is 128 cm³/mol. The quantitative estimate of drug-likeness (QED) is 0.340. The van der Waals surface area contributed by atoms with Crippen molar-refractivity contribution in [2.75, 3.05) is 6.61 Å². The first-order chi connectivity index (χ1) is 14.4. The van der Waals surface area contributed by atoms with Crippen molar-refractivity contribution in [3.05, 3.63) is 63.5 Å². The van der Waals surface area contributed by atoms with Crippen LogP contribution < -0.4 is 9.47 Å². The molecule has 0 radical (unpaired) electrons. The van der Waals surface area contributed by atoms with Gasteiger partial charge in [0.2, 0.25) is 0 Å². The highest BCUT2D eigenvalue weighted by Gasteiger charge is 2.34. The molecule has 30 heavy (non-hydrogen) atoms. The van der Waals surface area contributed by atoms with E-state index in [0.717, 1.165) is 17.5 Å². The number of halogens is 1. The average molecular weight is 462 g/mol. The number of benzene rings is 2. The van der Waals surface area contributed by atoms with Crippen molar-refractivity contribution in [3.8, 4) is 11.5 Å².